The van der Waals surface area contributed by atoms with E-state index in [1.807, 2.05) is 0 Å². The molecule has 0 saturated carbocycles. The Labute approximate surface area is 104 Å². The van der Waals surface area contributed by atoms with Crippen molar-refractivity contribution in [2.24, 2.45) is 0 Å². The van der Waals surface area contributed by atoms with Gasteiger partial charge in [-0.25, -0.2) is 0 Å². The van der Waals surface area contributed by atoms with E-state index in [0.717, 1.165) is 0 Å². The second-order valence-electron chi connectivity index (χ2n) is 2.98. The average Bonchev–Trinajstić information content (AvgIpc) is 2.34. The number of methoxy groups -OCH3 is 3. The summed E-state index contributed by atoms with van der Waals surface area (Å²) in [4.78, 5) is 10.6. The zero-order valence-corrected chi connectivity index (χ0v) is 10.5. The molecule has 6 heteroatoms. The average molecular weight is 261 g/mol. The Morgan fingerprint density at radius 2 is 1.59 bits per heavy atom. The van der Waals surface area contributed by atoms with Crippen LogP contribution < -0.4 is 18.9 Å². The molecule has 5 nitrogen and oxygen atoms in total. The molecule has 1 rings (SSSR count). The van der Waals surface area contributed by atoms with E-state index in [0.29, 0.717) is 23.0 Å². The first-order valence-electron chi connectivity index (χ1n) is 4.74. The van der Waals surface area contributed by atoms with Gasteiger partial charge in [-0.05, 0) is 23.7 Å². The molecule has 0 radical (unpaired) electrons. The van der Waals surface area contributed by atoms with Crippen LogP contribution in [-0.2, 0) is 4.79 Å². The van der Waals surface area contributed by atoms with Crippen LogP contribution in [0.1, 0.15) is 0 Å². The normalized spacial score (nSPS) is 9.65. The van der Waals surface area contributed by atoms with Crippen LogP contribution in [0.4, 0.5) is 0 Å². The molecule has 1 aromatic carbocycles. The van der Waals surface area contributed by atoms with E-state index in [-0.39, 0.29) is 6.61 Å². The monoisotopic (exact) mass is 260 g/mol. The Bertz CT molecular complexity index is 405. The summed E-state index contributed by atoms with van der Waals surface area (Å²) in [7, 11) is 4.46. The Hall–Kier alpha value is -1.62. The van der Waals surface area contributed by atoms with Crippen molar-refractivity contribution in [2.45, 2.75) is 0 Å². The molecule has 0 N–H and O–H groups in total. The minimum atomic E-state index is -0.596. The molecule has 0 amide bonds. The van der Waals surface area contributed by atoms with Gasteiger partial charge in [-0.15, -0.1) is 0 Å². The van der Waals surface area contributed by atoms with Gasteiger partial charge in [0, 0.05) is 0 Å². The van der Waals surface area contributed by atoms with Gasteiger partial charge in [-0.3, -0.25) is 4.79 Å². The Kier molecular flexibility index (Phi) is 4.90. The number of benzene rings is 1. The van der Waals surface area contributed by atoms with Gasteiger partial charge in [0.05, 0.1) is 21.3 Å². The predicted molar refractivity (Wildman–Crippen MR) is 62.5 cm³/mol. The molecule has 0 atom stereocenters. The fourth-order valence-corrected chi connectivity index (χ4v) is 1.38. The van der Waals surface area contributed by atoms with Gasteiger partial charge in [0.1, 0.15) is 0 Å². The largest absolute Gasteiger partial charge is 0.493 e. The number of ether oxygens (including phenoxy) is 4. The number of carbonyl (C=O) groups is 1. The lowest BCUT2D eigenvalue weighted by molar-refractivity contribution is -0.113. The van der Waals surface area contributed by atoms with Crippen LogP contribution >= 0.6 is 11.6 Å². The summed E-state index contributed by atoms with van der Waals surface area (Å²) in [5.41, 5.74) is 0. The molecule has 0 fully saturated rings. The first-order valence-corrected chi connectivity index (χ1v) is 5.12. The molecule has 1 aromatic rings. The number of rotatable bonds is 6. The first-order chi connectivity index (χ1) is 8.13. The summed E-state index contributed by atoms with van der Waals surface area (Å²) in [6.07, 6.45) is 0. The van der Waals surface area contributed by atoms with Gasteiger partial charge in [0.2, 0.25) is 11.5 Å². The van der Waals surface area contributed by atoms with E-state index in [4.69, 9.17) is 30.5 Å². The van der Waals surface area contributed by atoms with E-state index in [9.17, 15) is 4.79 Å². The Balaban J connectivity index is 3.09. The van der Waals surface area contributed by atoms with Gasteiger partial charge in [0.25, 0.3) is 5.24 Å². The van der Waals surface area contributed by atoms with Gasteiger partial charge >= 0.3 is 0 Å². The second-order valence-corrected chi connectivity index (χ2v) is 3.40. The molecule has 0 bridgehead atoms. The van der Waals surface area contributed by atoms with E-state index in [1.165, 1.54) is 21.3 Å². The van der Waals surface area contributed by atoms with Crippen LogP contribution in [0.25, 0.3) is 0 Å². The fourth-order valence-electron chi connectivity index (χ4n) is 1.32. The van der Waals surface area contributed by atoms with Crippen LogP contribution in [0.2, 0.25) is 0 Å². The molecule has 0 aliphatic carbocycles. The zero-order valence-electron chi connectivity index (χ0n) is 9.78. The lowest BCUT2D eigenvalue weighted by atomic mass is 10.2. The number of hydrogen-bond acceptors (Lipinski definition) is 5. The maximum atomic E-state index is 10.6. The van der Waals surface area contributed by atoms with Crippen LogP contribution in [0, 0.1) is 0 Å². The fraction of sp³-hybridized carbons (Fsp3) is 0.364. The van der Waals surface area contributed by atoms with E-state index < -0.39 is 5.24 Å². The van der Waals surface area contributed by atoms with Gasteiger partial charge < -0.3 is 18.9 Å². The van der Waals surface area contributed by atoms with E-state index in [1.54, 1.807) is 12.1 Å². The second kappa shape index (κ2) is 6.20. The number of carbonyl (C=O) groups excluding carboxylic acids is 1. The molecule has 0 aliphatic heterocycles. The third kappa shape index (κ3) is 3.17. The summed E-state index contributed by atoms with van der Waals surface area (Å²) in [6, 6.07) is 3.26. The Morgan fingerprint density at radius 3 is 2.06 bits per heavy atom. The predicted octanol–water partition coefficient (Wildman–Crippen LogP) is 1.86. The number of halogens is 1. The highest BCUT2D eigenvalue weighted by Gasteiger charge is 2.17. The minimum absolute atomic E-state index is 0.243. The molecular weight excluding hydrogens is 248 g/mol. The molecule has 0 saturated heterocycles. The molecule has 0 unspecified atom stereocenters. The quantitative estimate of drug-likeness (QED) is 0.731. The molecule has 0 aliphatic rings. The summed E-state index contributed by atoms with van der Waals surface area (Å²) in [5.74, 6) is 1.62. The molecule has 94 valence electrons. The summed E-state index contributed by atoms with van der Waals surface area (Å²) < 4.78 is 20.6. The van der Waals surface area contributed by atoms with Crippen LogP contribution in [0.5, 0.6) is 23.0 Å². The number of hydrogen-bond donors (Lipinski definition) is 0. The molecule has 0 aromatic heterocycles. The van der Waals surface area contributed by atoms with E-state index in [2.05, 4.69) is 0 Å². The van der Waals surface area contributed by atoms with Crippen molar-refractivity contribution in [1.82, 2.24) is 0 Å². The van der Waals surface area contributed by atoms with Crippen molar-refractivity contribution in [3.63, 3.8) is 0 Å². The third-order valence-electron chi connectivity index (χ3n) is 2.01. The summed E-state index contributed by atoms with van der Waals surface area (Å²) >= 11 is 5.19. The Morgan fingerprint density at radius 1 is 1.06 bits per heavy atom. The molecular formula is C11H13ClO5. The van der Waals surface area contributed by atoms with Crippen molar-refractivity contribution in [3.8, 4) is 23.0 Å². The lowest BCUT2D eigenvalue weighted by Crippen LogP contribution is -2.06. The zero-order chi connectivity index (χ0) is 12.8. The highest BCUT2D eigenvalue weighted by atomic mass is 35.5. The smallest absolute Gasteiger partial charge is 0.259 e. The van der Waals surface area contributed by atoms with Gasteiger partial charge in [0.15, 0.2) is 18.1 Å². The van der Waals surface area contributed by atoms with Gasteiger partial charge in [-0.1, -0.05) is 0 Å². The maximum Gasteiger partial charge on any atom is 0.259 e. The standard InChI is InChI=1S/C11H13ClO5/c1-14-7-4-5-8(17-6-9(12)13)11(16-3)10(7)15-2/h4-5H,6H2,1-3H3. The van der Waals surface area contributed by atoms with Crippen molar-refractivity contribution < 1.29 is 23.7 Å². The highest BCUT2D eigenvalue weighted by Crippen LogP contribution is 2.43. The maximum absolute atomic E-state index is 10.6. The molecule has 0 heterocycles. The summed E-state index contributed by atoms with van der Waals surface area (Å²) in [5, 5.41) is -0.596. The van der Waals surface area contributed by atoms with Gasteiger partial charge in [-0.2, -0.15) is 0 Å². The highest BCUT2D eigenvalue weighted by molar-refractivity contribution is 6.63. The minimum Gasteiger partial charge on any atom is -0.493 e. The first kappa shape index (κ1) is 13.4. The molecule has 0 spiro atoms. The van der Waals surface area contributed by atoms with Crippen molar-refractivity contribution in [1.29, 1.82) is 0 Å². The SMILES string of the molecule is COc1ccc(OCC(=O)Cl)c(OC)c1OC. The third-order valence-corrected chi connectivity index (χ3v) is 2.12. The van der Waals surface area contributed by atoms with Crippen LogP contribution in [-0.4, -0.2) is 33.2 Å². The van der Waals surface area contributed by atoms with Crippen LogP contribution in [0.3, 0.4) is 0 Å². The van der Waals surface area contributed by atoms with E-state index >= 15 is 0 Å². The van der Waals surface area contributed by atoms with Crippen molar-refractivity contribution >= 4 is 16.8 Å². The summed E-state index contributed by atoms with van der Waals surface area (Å²) in [6.45, 7) is -0.243. The van der Waals surface area contributed by atoms with Crippen molar-refractivity contribution in [2.75, 3.05) is 27.9 Å². The molecule has 17 heavy (non-hydrogen) atoms. The van der Waals surface area contributed by atoms with Crippen molar-refractivity contribution in [3.05, 3.63) is 12.1 Å². The lowest BCUT2D eigenvalue weighted by Gasteiger charge is -2.15. The van der Waals surface area contributed by atoms with Crippen LogP contribution in [0.15, 0.2) is 12.1 Å². The topological polar surface area (TPSA) is 54.0 Å².